The smallest absolute Gasteiger partial charge is 0.252 e. The van der Waals surface area contributed by atoms with Crippen molar-refractivity contribution in [2.24, 2.45) is 11.8 Å². The van der Waals surface area contributed by atoms with E-state index in [1.54, 1.807) is 11.3 Å². The Morgan fingerprint density at radius 1 is 0.980 bits per heavy atom. The summed E-state index contributed by atoms with van der Waals surface area (Å²) in [5.41, 5.74) is 6.31. The fraction of sp³-hybridized carbons (Fsp3) is 0.386. The van der Waals surface area contributed by atoms with Crippen LogP contribution in [0.3, 0.4) is 0 Å². The van der Waals surface area contributed by atoms with Gasteiger partial charge in [0, 0.05) is 78.9 Å². The molecule has 4 nitrogen and oxygen atoms in total. The van der Waals surface area contributed by atoms with Crippen molar-refractivity contribution in [3.63, 3.8) is 0 Å². The second kappa shape index (κ2) is 18.0. The number of fused-ring (bicyclic) bond motifs is 2. The molecular weight excluding hydrogens is 813 g/mol. The van der Waals surface area contributed by atoms with E-state index in [-0.39, 0.29) is 43.5 Å². The molecule has 5 aromatic rings. The first-order chi connectivity index (χ1) is 23.4. The van der Waals surface area contributed by atoms with E-state index in [0.29, 0.717) is 5.92 Å². The van der Waals surface area contributed by atoms with E-state index in [0.717, 1.165) is 47.9 Å². The topological polar surface area (TPSA) is 54.5 Å². The SMILES string of the molecule is CCC(CC)C(=O)/C=C(\O)C(CC)CC.[C-]#[N+]C(C)(C)c1ccc(-c2cc3ccnc(-c4[c-]c5ccccc5c(C(C)C)c4)c3s2)c(C)c1.[Ir]. The van der Waals surface area contributed by atoms with Crippen molar-refractivity contribution >= 4 is 38.0 Å². The van der Waals surface area contributed by atoms with Crippen molar-refractivity contribution in [1.29, 1.82) is 0 Å². The standard InChI is InChI=1S/C31H27N2S.C13H24O2.Ir/c1-19(2)27-17-23(16-21-9-7-8-10-26(21)27)29-30-22(13-14-33-29)18-28(34-30)25-12-11-24(15-20(25)3)31(4,5)32-6;1-5-10(6-2)12(14)9-13(15)11(7-3)8-4;/h7-15,17-19H,1-5H3;9-11,14H,5-8H2,1-4H3;/q-1;;/b;12-9-;. The summed E-state index contributed by atoms with van der Waals surface area (Å²) in [6.45, 7) is 26.1. The summed E-state index contributed by atoms with van der Waals surface area (Å²) in [6, 6.07) is 25.2. The van der Waals surface area contributed by atoms with Crippen LogP contribution in [0.25, 0.3) is 47.4 Å². The number of ketones is 1. The third-order valence-corrected chi connectivity index (χ3v) is 10.9. The summed E-state index contributed by atoms with van der Waals surface area (Å²) in [4.78, 5) is 21.5. The summed E-state index contributed by atoms with van der Waals surface area (Å²) in [5.74, 6) is 0.961. The van der Waals surface area contributed by atoms with Crippen molar-refractivity contribution in [3.8, 4) is 21.7 Å². The number of hydrogen-bond donors (Lipinski definition) is 1. The fourth-order valence-corrected chi connectivity index (χ4v) is 7.57. The van der Waals surface area contributed by atoms with Gasteiger partial charge in [-0.05, 0) is 73.2 Å². The van der Waals surface area contributed by atoms with Crippen molar-refractivity contribution in [2.75, 3.05) is 0 Å². The van der Waals surface area contributed by atoms with Crippen LogP contribution in [0.2, 0.25) is 0 Å². The van der Waals surface area contributed by atoms with Gasteiger partial charge in [-0.15, -0.1) is 40.5 Å². The first kappa shape index (κ1) is 40.8. The summed E-state index contributed by atoms with van der Waals surface area (Å²) in [5, 5.41) is 13.4. The van der Waals surface area contributed by atoms with Gasteiger partial charge in [0.2, 0.25) is 0 Å². The number of benzene rings is 3. The molecule has 2 aromatic heterocycles. The third-order valence-electron chi connectivity index (χ3n) is 9.68. The van der Waals surface area contributed by atoms with Gasteiger partial charge in [0.15, 0.2) is 5.78 Å². The van der Waals surface area contributed by atoms with Crippen molar-refractivity contribution in [3.05, 3.63) is 113 Å². The summed E-state index contributed by atoms with van der Waals surface area (Å²) in [6.07, 6.45) is 6.81. The molecule has 0 aliphatic carbocycles. The minimum Gasteiger partial charge on any atom is -0.512 e. The zero-order valence-corrected chi connectivity index (χ0v) is 34.2. The first-order valence-electron chi connectivity index (χ1n) is 17.7. The van der Waals surface area contributed by atoms with Crippen LogP contribution in [0.4, 0.5) is 0 Å². The predicted molar refractivity (Wildman–Crippen MR) is 209 cm³/mol. The van der Waals surface area contributed by atoms with E-state index in [1.807, 2.05) is 47.7 Å². The Kier molecular flexibility index (Phi) is 14.7. The molecule has 5 rings (SSSR count). The number of thiophene rings is 1. The number of hydrogen-bond acceptors (Lipinski definition) is 4. The van der Waals surface area contributed by atoms with Crippen LogP contribution in [0.5, 0.6) is 0 Å². The molecule has 0 aliphatic heterocycles. The van der Waals surface area contributed by atoms with Gasteiger partial charge < -0.3 is 9.95 Å². The number of aromatic nitrogens is 1. The molecule has 1 N–H and O–H groups in total. The summed E-state index contributed by atoms with van der Waals surface area (Å²) < 4.78 is 1.18. The average molecular weight is 864 g/mol. The molecule has 1 radical (unpaired) electrons. The maximum absolute atomic E-state index is 11.7. The molecule has 0 fully saturated rings. The maximum Gasteiger partial charge on any atom is 0.252 e. The second-order valence-corrected chi connectivity index (χ2v) is 14.8. The Balaban J connectivity index is 0.000000361. The molecule has 3 aromatic carbocycles. The van der Waals surface area contributed by atoms with Gasteiger partial charge >= 0.3 is 0 Å². The van der Waals surface area contributed by atoms with Crippen molar-refractivity contribution in [1.82, 2.24) is 4.98 Å². The first-order valence-corrected chi connectivity index (χ1v) is 18.5. The zero-order valence-electron chi connectivity index (χ0n) is 31.0. The van der Waals surface area contributed by atoms with E-state index in [4.69, 9.17) is 11.6 Å². The number of carbonyl (C=O) groups is 1. The number of pyridine rings is 1. The molecule has 6 heteroatoms. The van der Waals surface area contributed by atoms with Crippen LogP contribution in [-0.2, 0) is 30.4 Å². The minimum absolute atomic E-state index is 0. The van der Waals surface area contributed by atoms with Crippen LogP contribution in [-0.4, -0.2) is 15.9 Å². The number of aliphatic hydroxyl groups is 1. The fourth-order valence-electron chi connectivity index (χ4n) is 6.32. The van der Waals surface area contributed by atoms with E-state index < -0.39 is 5.54 Å². The second-order valence-electron chi connectivity index (χ2n) is 13.7. The van der Waals surface area contributed by atoms with Gasteiger partial charge in [-0.3, -0.25) is 9.78 Å². The number of allylic oxidation sites excluding steroid dienone is 2. The van der Waals surface area contributed by atoms with Gasteiger partial charge in [0.05, 0.1) is 5.76 Å². The zero-order chi connectivity index (χ0) is 35.9. The van der Waals surface area contributed by atoms with Gasteiger partial charge in [0.1, 0.15) is 0 Å². The molecule has 0 saturated heterocycles. The molecule has 50 heavy (non-hydrogen) atoms. The van der Waals surface area contributed by atoms with E-state index >= 15 is 0 Å². The molecule has 0 saturated carbocycles. The van der Waals surface area contributed by atoms with Gasteiger partial charge in [0.25, 0.3) is 5.54 Å². The molecule has 0 unspecified atom stereocenters. The molecule has 0 aliphatic rings. The largest absolute Gasteiger partial charge is 0.512 e. The average Bonchev–Trinajstić information content (AvgIpc) is 3.53. The van der Waals surface area contributed by atoms with Gasteiger partial charge in [-0.2, -0.15) is 0 Å². The van der Waals surface area contributed by atoms with Crippen LogP contribution in [0.1, 0.15) is 104 Å². The molecule has 0 atom stereocenters. The molecule has 0 spiro atoms. The Labute approximate surface area is 317 Å². The van der Waals surface area contributed by atoms with Gasteiger partial charge in [-0.25, -0.2) is 6.57 Å². The van der Waals surface area contributed by atoms with E-state index in [9.17, 15) is 9.90 Å². The normalized spacial score (nSPS) is 11.9. The van der Waals surface area contributed by atoms with Crippen molar-refractivity contribution < 1.29 is 30.0 Å². The third kappa shape index (κ3) is 9.18. The molecule has 2 heterocycles. The van der Waals surface area contributed by atoms with Crippen LogP contribution in [0.15, 0.2) is 78.7 Å². The van der Waals surface area contributed by atoms with Crippen molar-refractivity contribution in [2.45, 2.75) is 99.5 Å². The Hall–Kier alpha value is -3.62. The number of carbonyl (C=O) groups excluding carboxylic acids is 1. The number of aliphatic hydroxyl groups excluding tert-OH is 1. The molecule has 0 amide bonds. The Bertz CT molecular complexity index is 1990. The summed E-state index contributed by atoms with van der Waals surface area (Å²) in [7, 11) is 0. The van der Waals surface area contributed by atoms with E-state index in [2.05, 4.69) is 92.3 Å². The van der Waals surface area contributed by atoms with Crippen LogP contribution >= 0.6 is 11.3 Å². The molecule has 265 valence electrons. The predicted octanol–water partition coefficient (Wildman–Crippen LogP) is 13.0. The van der Waals surface area contributed by atoms with E-state index in [1.165, 1.54) is 43.1 Å². The Morgan fingerprint density at radius 2 is 1.64 bits per heavy atom. The quantitative estimate of drug-likeness (QED) is 0.0818. The van der Waals surface area contributed by atoms with Gasteiger partial charge in [-0.1, -0.05) is 82.8 Å². The molecule has 0 bridgehead atoms. The monoisotopic (exact) mass is 864 g/mol. The molecular formula is C44H51IrN2O2S-. The number of aryl methyl sites for hydroxylation is 1. The minimum atomic E-state index is -0.513. The number of rotatable bonds is 11. The maximum atomic E-state index is 11.7. The van der Waals surface area contributed by atoms with Crippen LogP contribution < -0.4 is 0 Å². The summed E-state index contributed by atoms with van der Waals surface area (Å²) >= 11 is 1.78. The van der Waals surface area contributed by atoms with Crippen LogP contribution in [0, 0.1) is 31.4 Å². The number of nitrogens with zero attached hydrogens (tertiary/aromatic N) is 2. The Morgan fingerprint density at radius 3 is 2.24 bits per heavy atom.